The van der Waals surface area contributed by atoms with Gasteiger partial charge >= 0.3 is 0 Å². The fourth-order valence-corrected chi connectivity index (χ4v) is 3.43. The molecule has 92 valence electrons. The van der Waals surface area contributed by atoms with Crippen LogP contribution in [0.5, 0.6) is 0 Å². The van der Waals surface area contributed by atoms with E-state index in [9.17, 15) is 9.59 Å². The van der Waals surface area contributed by atoms with E-state index in [-0.39, 0.29) is 29.0 Å². The lowest BCUT2D eigenvalue weighted by Gasteiger charge is -2.32. The van der Waals surface area contributed by atoms with Gasteiger partial charge in [0.05, 0.1) is 0 Å². The molecular formula is C14H18O3. The lowest BCUT2D eigenvalue weighted by molar-refractivity contribution is -0.134. The molecule has 2 atom stereocenters. The van der Waals surface area contributed by atoms with E-state index in [1.807, 2.05) is 13.8 Å². The Morgan fingerprint density at radius 1 is 1.06 bits per heavy atom. The normalized spacial score (nSPS) is 35.4. The molecule has 1 aliphatic heterocycles. The molecule has 3 aliphatic rings. The minimum atomic E-state index is -0.385. The first-order chi connectivity index (χ1) is 7.99. The number of ketones is 2. The van der Waals surface area contributed by atoms with Gasteiger partial charge in [-0.15, -0.1) is 0 Å². The molecule has 3 heteroatoms. The van der Waals surface area contributed by atoms with Crippen LogP contribution in [-0.4, -0.2) is 17.2 Å². The molecule has 2 aliphatic carbocycles. The van der Waals surface area contributed by atoms with Crippen molar-refractivity contribution in [1.82, 2.24) is 0 Å². The first-order valence-corrected chi connectivity index (χ1v) is 6.50. The van der Waals surface area contributed by atoms with E-state index in [0.717, 1.165) is 25.7 Å². The van der Waals surface area contributed by atoms with Crippen LogP contribution in [0.2, 0.25) is 0 Å². The maximum Gasteiger partial charge on any atom is 0.201 e. The van der Waals surface area contributed by atoms with Crippen LogP contribution < -0.4 is 0 Å². The van der Waals surface area contributed by atoms with Gasteiger partial charge in [-0.05, 0) is 26.7 Å². The Hall–Kier alpha value is -1.12. The standard InChI is InChI=1S/C14H18O3/c1-14(2)7-10-11(15)8-5-3-4-6-9(8)12(16)13(10)17-14/h8-9H,3-7H2,1-2H3. The van der Waals surface area contributed by atoms with Gasteiger partial charge in [-0.2, -0.15) is 0 Å². The van der Waals surface area contributed by atoms with E-state index in [1.54, 1.807) is 0 Å². The lowest BCUT2D eigenvalue weighted by Crippen LogP contribution is -2.38. The first kappa shape index (κ1) is 11.0. The molecule has 2 unspecified atom stereocenters. The van der Waals surface area contributed by atoms with Crippen LogP contribution in [0, 0.1) is 11.8 Å². The molecule has 1 saturated carbocycles. The first-order valence-electron chi connectivity index (χ1n) is 6.50. The van der Waals surface area contributed by atoms with E-state index >= 15 is 0 Å². The van der Waals surface area contributed by atoms with Gasteiger partial charge in [-0.1, -0.05) is 12.8 Å². The fourth-order valence-electron chi connectivity index (χ4n) is 3.43. The molecule has 1 heterocycles. The van der Waals surface area contributed by atoms with Crippen molar-refractivity contribution in [3.8, 4) is 0 Å². The van der Waals surface area contributed by atoms with Crippen molar-refractivity contribution in [2.45, 2.75) is 51.6 Å². The Morgan fingerprint density at radius 2 is 1.65 bits per heavy atom. The number of allylic oxidation sites excluding steroid dienone is 1. The maximum atomic E-state index is 12.4. The number of ether oxygens (including phenoxy) is 1. The van der Waals surface area contributed by atoms with Gasteiger partial charge in [0.2, 0.25) is 5.78 Å². The van der Waals surface area contributed by atoms with Gasteiger partial charge in [-0.25, -0.2) is 0 Å². The number of hydrogen-bond donors (Lipinski definition) is 0. The van der Waals surface area contributed by atoms with Crippen LogP contribution >= 0.6 is 0 Å². The van der Waals surface area contributed by atoms with E-state index in [2.05, 4.69) is 0 Å². The van der Waals surface area contributed by atoms with Gasteiger partial charge in [0.25, 0.3) is 0 Å². The summed E-state index contributed by atoms with van der Waals surface area (Å²) in [5, 5.41) is 0. The average Bonchev–Trinajstić information content (AvgIpc) is 2.63. The molecule has 0 amide bonds. The van der Waals surface area contributed by atoms with E-state index in [0.29, 0.717) is 17.8 Å². The Balaban J connectivity index is 2.00. The van der Waals surface area contributed by atoms with E-state index in [1.165, 1.54) is 0 Å². The Morgan fingerprint density at radius 3 is 2.29 bits per heavy atom. The average molecular weight is 234 g/mol. The Bertz CT molecular complexity index is 393. The zero-order chi connectivity index (χ0) is 12.2. The monoisotopic (exact) mass is 234 g/mol. The molecule has 0 saturated heterocycles. The quantitative estimate of drug-likeness (QED) is 0.646. The number of hydrogen-bond acceptors (Lipinski definition) is 3. The highest BCUT2D eigenvalue weighted by atomic mass is 16.5. The maximum absolute atomic E-state index is 12.4. The largest absolute Gasteiger partial charge is 0.483 e. The van der Waals surface area contributed by atoms with Crippen LogP contribution in [0.3, 0.4) is 0 Å². The van der Waals surface area contributed by atoms with E-state index < -0.39 is 0 Å². The molecule has 0 bridgehead atoms. The zero-order valence-electron chi connectivity index (χ0n) is 10.4. The smallest absolute Gasteiger partial charge is 0.201 e. The summed E-state index contributed by atoms with van der Waals surface area (Å²) in [7, 11) is 0. The Kier molecular flexibility index (Phi) is 2.22. The van der Waals surface area contributed by atoms with Crippen LogP contribution in [0.4, 0.5) is 0 Å². The molecule has 0 N–H and O–H groups in total. The topological polar surface area (TPSA) is 43.4 Å². The van der Waals surface area contributed by atoms with Gasteiger partial charge in [-0.3, -0.25) is 9.59 Å². The van der Waals surface area contributed by atoms with Crippen LogP contribution in [0.1, 0.15) is 46.0 Å². The third kappa shape index (κ3) is 1.55. The predicted molar refractivity (Wildman–Crippen MR) is 62.3 cm³/mol. The summed E-state index contributed by atoms with van der Waals surface area (Å²) >= 11 is 0. The van der Waals surface area contributed by atoms with Gasteiger partial charge in [0, 0.05) is 23.8 Å². The minimum absolute atomic E-state index is 0.0486. The van der Waals surface area contributed by atoms with Crippen molar-refractivity contribution in [2.75, 3.05) is 0 Å². The van der Waals surface area contributed by atoms with Crippen molar-refractivity contribution < 1.29 is 14.3 Å². The molecule has 0 aromatic heterocycles. The van der Waals surface area contributed by atoms with Gasteiger partial charge in [0.1, 0.15) is 5.60 Å². The highest BCUT2D eigenvalue weighted by Gasteiger charge is 2.50. The summed E-state index contributed by atoms with van der Waals surface area (Å²) in [6.45, 7) is 3.88. The molecule has 0 radical (unpaired) electrons. The highest BCUT2D eigenvalue weighted by Crippen LogP contribution is 2.45. The highest BCUT2D eigenvalue weighted by molar-refractivity contribution is 6.13. The number of Topliss-reactive ketones (excluding diaryl/α,β-unsaturated/α-hetero) is 2. The number of carbonyl (C=O) groups is 2. The second-order valence-corrected chi connectivity index (χ2v) is 6.07. The van der Waals surface area contributed by atoms with E-state index in [4.69, 9.17) is 4.74 Å². The van der Waals surface area contributed by atoms with Crippen molar-refractivity contribution in [3.05, 3.63) is 11.3 Å². The SMILES string of the molecule is CC1(C)CC2=C(O1)C(=O)C1CCCCC1C2=O. The molecule has 3 rings (SSSR count). The van der Waals surface area contributed by atoms with Crippen molar-refractivity contribution in [2.24, 2.45) is 11.8 Å². The number of carbonyl (C=O) groups excluding carboxylic acids is 2. The minimum Gasteiger partial charge on any atom is -0.483 e. The molecule has 1 fully saturated rings. The van der Waals surface area contributed by atoms with Gasteiger partial charge in [0.15, 0.2) is 11.5 Å². The summed E-state index contributed by atoms with van der Waals surface area (Å²) in [6.07, 6.45) is 4.47. The third-order valence-corrected chi connectivity index (χ3v) is 4.22. The molecule has 0 aromatic carbocycles. The fraction of sp³-hybridized carbons (Fsp3) is 0.714. The second-order valence-electron chi connectivity index (χ2n) is 6.07. The van der Waals surface area contributed by atoms with Gasteiger partial charge < -0.3 is 4.74 Å². The zero-order valence-corrected chi connectivity index (χ0v) is 10.4. The molecule has 3 nitrogen and oxygen atoms in total. The van der Waals surface area contributed by atoms with Crippen LogP contribution in [0.25, 0.3) is 0 Å². The lowest BCUT2D eigenvalue weighted by atomic mass is 9.69. The summed E-state index contributed by atoms with van der Waals surface area (Å²) in [5.74, 6) is 0.532. The van der Waals surface area contributed by atoms with Crippen molar-refractivity contribution in [3.63, 3.8) is 0 Å². The van der Waals surface area contributed by atoms with Crippen molar-refractivity contribution >= 4 is 11.6 Å². The summed E-state index contributed by atoms with van der Waals surface area (Å²) in [6, 6.07) is 0. The third-order valence-electron chi connectivity index (χ3n) is 4.22. The summed E-state index contributed by atoms with van der Waals surface area (Å²) in [5.41, 5.74) is 0.284. The summed E-state index contributed by atoms with van der Waals surface area (Å²) in [4.78, 5) is 24.7. The van der Waals surface area contributed by atoms with Crippen molar-refractivity contribution in [1.29, 1.82) is 0 Å². The second kappa shape index (κ2) is 3.44. The molecule has 17 heavy (non-hydrogen) atoms. The number of rotatable bonds is 0. The van der Waals surface area contributed by atoms with Crippen LogP contribution in [-0.2, 0) is 14.3 Å². The summed E-state index contributed by atoms with van der Waals surface area (Å²) < 4.78 is 5.69. The van der Waals surface area contributed by atoms with Crippen LogP contribution in [0.15, 0.2) is 11.3 Å². The molecule has 0 spiro atoms. The predicted octanol–water partition coefficient (Wildman–Crippen LogP) is 2.40. The molecular weight excluding hydrogens is 216 g/mol. The Labute approximate surface area is 101 Å². The number of fused-ring (bicyclic) bond motifs is 1. The molecule has 0 aromatic rings.